The van der Waals surface area contributed by atoms with Gasteiger partial charge in [0.15, 0.2) is 9.84 Å². The first kappa shape index (κ1) is 17.3. The number of alkyl halides is 1. The summed E-state index contributed by atoms with van der Waals surface area (Å²) in [4.78, 5) is 0. The Morgan fingerprint density at radius 1 is 1.16 bits per heavy atom. The highest BCUT2D eigenvalue weighted by molar-refractivity contribution is 7.92. The Morgan fingerprint density at radius 2 is 1.74 bits per heavy atom. The summed E-state index contributed by atoms with van der Waals surface area (Å²) in [6.45, 7) is 6.72. The van der Waals surface area contributed by atoms with E-state index in [4.69, 9.17) is 11.6 Å². The van der Waals surface area contributed by atoms with Crippen LogP contribution in [0.1, 0.15) is 46.5 Å². The highest BCUT2D eigenvalue weighted by atomic mass is 35.5. The van der Waals surface area contributed by atoms with Crippen LogP contribution in [-0.2, 0) is 9.84 Å². The second-order valence-electron chi connectivity index (χ2n) is 6.59. The standard InChI is InChI=1S/C14H28ClNO2S/c1-14(2,3)19(17,18)9-8-16-11-13-7-5-4-6-12(13)10-15/h12-13,16H,4-11H2,1-3H3. The van der Waals surface area contributed by atoms with Gasteiger partial charge in [-0.15, -0.1) is 11.6 Å². The molecule has 1 saturated carbocycles. The van der Waals surface area contributed by atoms with Crippen molar-refractivity contribution in [2.24, 2.45) is 11.8 Å². The molecule has 0 aromatic rings. The third-order valence-corrected chi connectivity index (χ3v) is 7.16. The molecule has 0 spiro atoms. The molecule has 0 bridgehead atoms. The van der Waals surface area contributed by atoms with Crippen molar-refractivity contribution < 1.29 is 8.42 Å². The average molecular weight is 310 g/mol. The summed E-state index contributed by atoms with van der Waals surface area (Å²) in [6, 6.07) is 0. The van der Waals surface area contributed by atoms with E-state index in [-0.39, 0.29) is 5.75 Å². The first-order valence-corrected chi connectivity index (χ1v) is 9.45. The molecule has 0 amide bonds. The Bertz CT molecular complexity index is 362. The fourth-order valence-electron chi connectivity index (χ4n) is 2.56. The van der Waals surface area contributed by atoms with E-state index in [1.54, 1.807) is 20.8 Å². The maximum atomic E-state index is 12.0. The molecule has 1 N–H and O–H groups in total. The summed E-state index contributed by atoms with van der Waals surface area (Å²) in [7, 11) is -3.01. The SMILES string of the molecule is CC(C)(C)S(=O)(=O)CCNCC1CCCCC1CCl. The van der Waals surface area contributed by atoms with Crippen molar-refractivity contribution in [3.05, 3.63) is 0 Å². The van der Waals surface area contributed by atoms with Gasteiger partial charge in [-0.05, 0) is 52.0 Å². The van der Waals surface area contributed by atoms with Crippen LogP contribution < -0.4 is 5.32 Å². The highest BCUT2D eigenvalue weighted by Crippen LogP contribution is 2.30. The van der Waals surface area contributed by atoms with E-state index in [9.17, 15) is 8.42 Å². The zero-order chi connectivity index (χ0) is 14.5. The summed E-state index contributed by atoms with van der Waals surface area (Å²) >= 11 is 6.00. The van der Waals surface area contributed by atoms with Crippen molar-refractivity contribution in [1.29, 1.82) is 0 Å². The molecule has 114 valence electrons. The maximum absolute atomic E-state index is 12.0. The Morgan fingerprint density at radius 3 is 2.26 bits per heavy atom. The lowest BCUT2D eigenvalue weighted by molar-refractivity contribution is 0.252. The number of hydrogen-bond donors (Lipinski definition) is 1. The molecule has 3 nitrogen and oxygen atoms in total. The molecule has 0 aromatic heterocycles. The fourth-order valence-corrected chi connectivity index (χ4v) is 3.99. The van der Waals surface area contributed by atoms with E-state index in [0.717, 1.165) is 12.4 Å². The lowest BCUT2D eigenvalue weighted by Crippen LogP contribution is -2.37. The number of nitrogens with one attached hydrogen (secondary N) is 1. The van der Waals surface area contributed by atoms with E-state index in [2.05, 4.69) is 5.32 Å². The molecule has 2 atom stereocenters. The third-order valence-electron chi connectivity index (χ3n) is 4.15. The van der Waals surface area contributed by atoms with Gasteiger partial charge in [0, 0.05) is 12.4 Å². The van der Waals surface area contributed by atoms with Crippen molar-refractivity contribution in [3.8, 4) is 0 Å². The van der Waals surface area contributed by atoms with Gasteiger partial charge in [-0.2, -0.15) is 0 Å². The predicted molar refractivity (Wildman–Crippen MR) is 82.6 cm³/mol. The van der Waals surface area contributed by atoms with Gasteiger partial charge in [-0.1, -0.05) is 12.8 Å². The monoisotopic (exact) mass is 309 g/mol. The fraction of sp³-hybridized carbons (Fsp3) is 1.00. The molecule has 0 saturated heterocycles. The normalized spacial score (nSPS) is 25.5. The molecular weight excluding hydrogens is 282 g/mol. The summed E-state index contributed by atoms with van der Waals surface area (Å²) < 4.78 is 23.3. The lowest BCUT2D eigenvalue weighted by atomic mass is 9.80. The van der Waals surface area contributed by atoms with Crippen LogP contribution in [0.4, 0.5) is 0 Å². The summed E-state index contributed by atoms with van der Waals surface area (Å²) in [5.41, 5.74) is 0. The topological polar surface area (TPSA) is 46.2 Å². The van der Waals surface area contributed by atoms with Crippen LogP contribution in [0.25, 0.3) is 0 Å². The quantitative estimate of drug-likeness (QED) is 0.606. The van der Waals surface area contributed by atoms with Gasteiger partial charge in [-0.3, -0.25) is 0 Å². The molecular formula is C14H28ClNO2S. The molecule has 1 fully saturated rings. The lowest BCUT2D eigenvalue weighted by Gasteiger charge is -2.30. The van der Waals surface area contributed by atoms with E-state index in [1.165, 1.54) is 25.7 Å². The first-order chi connectivity index (χ1) is 8.78. The van der Waals surface area contributed by atoms with Crippen LogP contribution in [-0.4, -0.2) is 37.9 Å². The number of halogens is 1. The molecule has 0 radical (unpaired) electrons. The van der Waals surface area contributed by atoms with E-state index < -0.39 is 14.6 Å². The minimum Gasteiger partial charge on any atom is -0.315 e. The molecule has 0 aromatic carbocycles. The highest BCUT2D eigenvalue weighted by Gasteiger charge is 2.28. The molecule has 0 aliphatic heterocycles. The minimum absolute atomic E-state index is 0.217. The first-order valence-electron chi connectivity index (χ1n) is 7.27. The molecule has 1 aliphatic carbocycles. The van der Waals surface area contributed by atoms with Gasteiger partial charge in [0.2, 0.25) is 0 Å². The van der Waals surface area contributed by atoms with Crippen molar-refractivity contribution in [2.45, 2.75) is 51.2 Å². The van der Waals surface area contributed by atoms with Crippen LogP contribution in [0.15, 0.2) is 0 Å². The maximum Gasteiger partial charge on any atom is 0.156 e. The predicted octanol–water partition coefficient (Wildman–Crippen LogP) is 2.83. The van der Waals surface area contributed by atoms with Crippen LogP contribution in [0.2, 0.25) is 0 Å². The van der Waals surface area contributed by atoms with Crippen LogP contribution in [0, 0.1) is 11.8 Å². The second-order valence-corrected chi connectivity index (χ2v) is 9.77. The Balaban J connectivity index is 2.31. The van der Waals surface area contributed by atoms with Gasteiger partial charge in [-0.25, -0.2) is 8.42 Å². The van der Waals surface area contributed by atoms with Crippen LogP contribution in [0.5, 0.6) is 0 Å². The smallest absolute Gasteiger partial charge is 0.156 e. The molecule has 0 heterocycles. The van der Waals surface area contributed by atoms with Crippen molar-refractivity contribution in [3.63, 3.8) is 0 Å². The second kappa shape index (κ2) is 7.28. The zero-order valence-electron chi connectivity index (χ0n) is 12.4. The summed E-state index contributed by atoms with van der Waals surface area (Å²) in [5.74, 6) is 2.16. The Kier molecular flexibility index (Phi) is 6.61. The van der Waals surface area contributed by atoms with Crippen LogP contribution in [0.3, 0.4) is 0 Å². The molecule has 5 heteroatoms. The number of sulfone groups is 1. The van der Waals surface area contributed by atoms with E-state index >= 15 is 0 Å². The molecule has 1 rings (SSSR count). The van der Waals surface area contributed by atoms with Crippen molar-refractivity contribution in [2.75, 3.05) is 24.7 Å². The zero-order valence-corrected chi connectivity index (χ0v) is 14.0. The Labute approximate surface area is 123 Å². The molecule has 2 unspecified atom stereocenters. The van der Waals surface area contributed by atoms with Gasteiger partial charge >= 0.3 is 0 Å². The van der Waals surface area contributed by atoms with Crippen LogP contribution >= 0.6 is 11.6 Å². The van der Waals surface area contributed by atoms with E-state index in [1.807, 2.05) is 0 Å². The van der Waals surface area contributed by atoms with Gasteiger partial charge in [0.05, 0.1) is 10.5 Å². The Hall–Kier alpha value is 0.200. The van der Waals surface area contributed by atoms with Crippen molar-refractivity contribution >= 4 is 21.4 Å². The van der Waals surface area contributed by atoms with E-state index in [0.29, 0.717) is 18.4 Å². The van der Waals surface area contributed by atoms with Crippen molar-refractivity contribution in [1.82, 2.24) is 5.32 Å². The molecule has 1 aliphatic rings. The number of rotatable bonds is 6. The largest absolute Gasteiger partial charge is 0.315 e. The number of hydrogen-bond acceptors (Lipinski definition) is 3. The van der Waals surface area contributed by atoms with Gasteiger partial charge in [0.1, 0.15) is 0 Å². The average Bonchev–Trinajstić information content (AvgIpc) is 2.33. The summed E-state index contributed by atoms with van der Waals surface area (Å²) in [5, 5.41) is 3.31. The minimum atomic E-state index is -3.01. The molecule has 19 heavy (non-hydrogen) atoms. The summed E-state index contributed by atoms with van der Waals surface area (Å²) in [6.07, 6.45) is 5.00. The third kappa shape index (κ3) is 5.24. The van der Waals surface area contributed by atoms with Gasteiger partial charge in [0.25, 0.3) is 0 Å². The van der Waals surface area contributed by atoms with Gasteiger partial charge < -0.3 is 5.32 Å².